The van der Waals surface area contributed by atoms with Gasteiger partial charge in [0, 0.05) is 48.4 Å². The third-order valence-corrected chi connectivity index (χ3v) is 7.74. The van der Waals surface area contributed by atoms with Gasteiger partial charge in [0.05, 0.1) is 17.2 Å². The van der Waals surface area contributed by atoms with E-state index < -0.39 is 11.9 Å². The average Bonchev–Trinajstić information content (AvgIpc) is 3.30. The Morgan fingerprint density at radius 2 is 1.93 bits per heavy atom. The van der Waals surface area contributed by atoms with E-state index in [-0.39, 0.29) is 29.5 Å². The van der Waals surface area contributed by atoms with Crippen molar-refractivity contribution in [2.45, 2.75) is 70.9 Å². The largest absolute Gasteiger partial charge is 0.476 e. The van der Waals surface area contributed by atoms with E-state index in [1.807, 2.05) is 24.5 Å². The molecule has 0 unspecified atom stereocenters. The lowest BCUT2D eigenvalue weighted by Gasteiger charge is -2.29. The minimum atomic E-state index is -0.737. The van der Waals surface area contributed by atoms with Gasteiger partial charge in [0.2, 0.25) is 23.4 Å². The molecule has 4 heterocycles. The van der Waals surface area contributed by atoms with Crippen LogP contribution in [0.25, 0.3) is 11.0 Å². The summed E-state index contributed by atoms with van der Waals surface area (Å²) in [6, 6.07) is 4.52. The molecule has 2 amide bonds. The first-order chi connectivity index (χ1) is 19.4. The number of aromatic amines is 1. The molecule has 40 heavy (non-hydrogen) atoms. The van der Waals surface area contributed by atoms with E-state index >= 15 is 0 Å². The standard InChI is InChI=1S/C29H38FN7O3/c1-19(2)33-27(38)20-6-8-22(9-7-20)37-24-17-26(40-15-14-36-12-4-3-5-13-36)32-18-23(24)34-29(37)35-28(39)21-10-11-31-25(30)16-21/h10-11,16-20,22H,3-9,12-15H2,1-2H3,(H,33,38)(H,34,35,39)/t20-,22+. The van der Waals surface area contributed by atoms with E-state index in [9.17, 15) is 14.0 Å². The topological polar surface area (TPSA) is 117 Å². The van der Waals surface area contributed by atoms with Crippen molar-refractivity contribution in [3.63, 3.8) is 0 Å². The van der Waals surface area contributed by atoms with Crippen LogP contribution in [0.1, 0.15) is 75.2 Å². The number of amides is 2. The fourth-order valence-corrected chi connectivity index (χ4v) is 5.70. The zero-order chi connectivity index (χ0) is 28.1. The molecule has 11 heteroatoms. The van der Waals surface area contributed by atoms with Crippen molar-refractivity contribution in [1.82, 2.24) is 29.7 Å². The highest BCUT2D eigenvalue weighted by atomic mass is 19.1. The third-order valence-electron chi connectivity index (χ3n) is 7.74. The summed E-state index contributed by atoms with van der Waals surface area (Å²) in [5.74, 6) is -0.750. The Morgan fingerprint density at radius 1 is 1.15 bits per heavy atom. The summed E-state index contributed by atoms with van der Waals surface area (Å²) >= 11 is 0. The highest BCUT2D eigenvalue weighted by molar-refractivity contribution is 5.94. The number of nitrogens with one attached hydrogen (secondary N) is 2. The van der Waals surface area contributed by atoms with Gasteiger partial charge in [-0.1, -0.05) is 6.42 Å². The number of carbonyl (C=O) groups is 2. The Bertz CT molecular complexity index is 1400. The second-order valence-corrected chi connectivity index (χ2v) is 11.1. The van der Waals surface area contributed by atoms with Crippen LogP contribution >= 0.6 is 0 Å². The van der Waals surface area contributed by atoms with Crippen molar-refractivity contribution in [3.8, 4) is 5.88 Å². The first-order valence-electron chi connectivity index (χ1n) is 14.3. The van der Waals surface area contributed by atoms with Crippen molar-refractivity contribution >= 4 is 22.8 Å². The maximum Gasteiger partial charge on any atom is 0.280 e. The molecule has 1 aliphatic heterocycles. The molecule has 2 N–H and O–H groups in total. The van der Waals surface area contributed by atoms with Crippen LogP contribution in [0.2, 0.25) is 0 Å². The molecule has 214 valence electrons. The van der Waals surface area contributed by atoms with Gasteiger partial charge in [0.1, 0.15) is 6.61 Å². The molecule has 5 rings (SSSR count). The molecule has 10 nitrogen and oxygen atoms in total. The third kappa shape index (κ3) is 6.75. The van der Waals surface area contributed by atoms with Crippen LogP contribution < -0.4 is 15.7 Å². The van der Waals surface area contributed by atoms with E-state index in [1.54, 1.807) is 6.20 Å². The number of fused-ring (bicyclic) bond motifs is 1. The van der Waals surface area contributed by atoms with Gasteiger partial charge in [-0.3, -0.25) is 14.5 Å². The van der Waals surface area contributed by atoms with Crippen LogP contribution in [0.5, 0.6) is 5.88 Å². The summed E-state index contributed by atoms with van der Waals surface area (Å²) < 4.78 is 21.7. The van der Waals surface area contributed by atoms with Crippen LogP contribution in [-0.4, -0.2) is 68.5 Å². The minimum absolute atomic E-state index is 0.0150. The summed E-state index contributed by atoms with van der Waals surface area (Å²) in [6.07, 6.45) is 9.66. The highest BCUT2D eigenvalue weighted by Gasteiger charge is 2.29. The molecule has 1 saturated carbocycles. The summed E-state index contributed by atoms with van der Waals surface area (Å²) in [5, 5.41) is 3.02. The van der Waals surface area contributed by atoms with E-state index in [1.165, 1.54) is 31.5 Å². The Balaban J connectivity index is 1.42. The number of pyridine rings is 2. The van der Waals surface area contributed by atoms with Gasteiger partial charge < -0.3 is 19.6 Å². The van der Waals surface area contributed by atoms with Crippen LogP contribution in [0, 0.1) is 11.9 Å². The van der Waals surface area contributed by atoms with E-state index in [0.717, 1.165) is 62.4 Å². The summed E-state index contributed by atoms with van der Waals surface area (Å²) in [4.78, 5) is 43.6. The molecular formula is C29H38FN7O3. The normalized spacial score (nSPS) is 20.6. The molecule has 0 aromatic carbocycles. The number of nitrogens with zero attached hydrogens (tertiary/aromatic N) is 5. The lowest BCUT2D eigenvalue weighted by Crippen LogP contribution is -2.38. The number of hydrogen-bond acceptors (Lipinski definition) is 6. The maximum absolute atomic E-state index is 13.7. The predicted molar refractivity (Wildman–Crippen MR) is 148 cm³/mol. The van der Waals surface area contributed by atoms with E-state index in [2.05, 4.69) is 30.2 Å². The second-order valence-electron chi connectivity index (χ2n) is 11.1. The lowest BCUT2D eigenvalue weighted by atomic mass is 9.85. The average molecular weight is 552 g/mol. The molecule has 3 aromatic rings. The van der Waals surface area contributed by atoms with Gasteiger partial charge in [0.25, 0.3) is 5.91 Å². The molecule has 1 saturated heterocycles. The number of carbonyl (C=O) groups excluding carboxylic acids is 2. The molecule has 0 bridgehead atoms. The molecule has 0 atom stereocenters. The number of imidazole rings is 1. The van der Waals surface area contributed by atoms with Gasteiger partial charge in [0.15, 0.2) is 0 Å². The number of hydrogen-bond donors (Lipinski definition) is 2. The van der Waals surface area contributed by atoms with Gasteiger partial charge >= 0.3 is 0 Å². The smallest absolute Gasteiger partial charge is 0.280 e. The van der Waals surface area contributed by atoms with E-state index in [4.69, 9.17) is 4.74 Å². The van der Waals surface area contributed by atoms with Crippen molar-refractivity contribution < 1.29 is 18.7 Å². The van der Waals surface area contributed by atoms with Crippen molar-refractivity contribution in [1.29, 1.82) is 0 Å². The predicted octanol–water partition coefficient (Wildman–Crippen LogP) is 3.76. The number of piperidine rings is 1. The Kier molecular flexibility index (Phi) is 8.88. The fourth-order valence-electron chi connectivity index (χ4n) is 5.70. The SMILES string of the molecule is CC(C)NC(=O)[C@H]1CC[C@@H](n2/c(=N/C(=O)c3ccnc(F)c3)[nH]c3cnc(OCCN4CCCCC4)cc32)CC1. The van der Waals surface area contributed by atoms with E-state index in [0.29, 0.717) is 18.1 Å². The summed E-state index contributed by atoms with van der Waals surface area (Å²) in [7, 11) is 0. The van der Waals surface area contributed by atoms with Crippen LogP contribution in [-0.2, 0) is 4.79 Å². The van der Waals surface area contributed by atoms with Crippen molar-refractivity contribution in [3.05, 3.63) is 47.7 Å². The Hall–Kier alpha value is -3.60. The number of ether oxygens (including phenoxy) is 1. The number of rotatable bonds is 8. The molecule has 3 aromatic heterocycles. The molecule has 2 aliphatic rings. The van der Waals surface area contributed by atoms with Crippen molar-refractivity contribution in [2.75, 3.05) is 26.2 Å². The molecule has 0 spiro atoms. The lowest BCUT2D eigenvalue weighted by molar-refractivity contribution is -0.126. The van der Waals surface area contributed by atoms with Crippen molar-refractivity contribution in [2.24, 2.45) is 10.9 Å². The number of likely N-dealkylation sites (tertiary alicyclic amines) is 1. The summed E-state index contributed by atoms with van der Waals surface area (Å²) in [5.41, 5.74) is 2.02. The summed E-state index contributed by atoms with van der Waals surface area (Å²) in [6.45, 7) is 7.53. The number of H-pyrrole nitrogens is 1. The molecule has 1 aliphatic carbocycles. The van der Waals surface area contributed by atoms with Gasteiger partial charge in [-0.15, -0.1) is 0 Å². The second kappa shape index (κ2) is 12.7. The fraction of sp³-hybridized carbons (Fsp3) is 0.552. The first-order valence-corrected chi connectivity index (χ1v) is 14.3. The Labute approximate surface area is 233 Å². The van der Waals surface area contributed by atoms with Crippen LogP contribution in [0.3, 0.4) is 0 Å². The van der Waals surface area contributed by atoms with Gasteiger partial charge in [-0.2, -0.15) is 9.38 Å². The maximum atomic E-state index is 13.7. The molecule has 0 radical (unpaired) electrons. The zero-order valence-electron chi connectivity index (χ0n) is 23.2. The minimum Gasteiger partial charge on any atom is -0.476 e. The molecule has 2 fully saturated rings. The molecular weight excluding hydrogens is 513 g/mol. The quantitative estimate of drug-likeness (QED) is 0.412. The number of aromatic nitrogens is 4. The van der Waals surface area contributed by atoms with Crippen LogP contribution in [0.15, 0.2) is 35.6 Å². The highest BCUT2D eigenvalue weighted by Crippen LogP contribution is 2.33. The zero-order valence-corrected chi connectivity index (χ0v) is 23.2. The Morgan fingerprint density at radius 3 is 2.65 bits per heavy atom. The first kappa shape index (κ1) is 27.9. The van der Waals surface area contributed by atoms with Crippen LogP contribution in [0.4, 0.5) is 4.39 Å². The van der Waals surface area contributed by atoms with Gasteiger partial charge in [-0.25, -0.2) is 9.97 Å². The van der Waals surface area contributed by atoms with Gasteiger partial charge in [-0.05, 0) is 71.5 Å². The number of halogens is 1. The monoisotopic (exact) mass is 551 g/mol.